The highest BCUT2D eigenvalue weighted by molar-refractivity contribution is 6.35. The van der Waals surface area contributed by atoms with E-state index in [2.05, 4.69) is 43.5 Å². The van der Waals surface area contributed by atoms with E-state index in [4.69, 9.17) is 22.3 Å². The molecule has 1 aromatic heterocycles. The third-order valence-corrected chi connectivity index (χ3v) is 7.04. The molecule has 0 unspecified atom stereocenters. The van der Waals surface area contributed by atoms with Crippen molar-refractivity contribution in [2.75, 3.05) is 39.0 Å². The number of fused-ring (bicyclic) bond motifs is 1. The predicted octanol–water partition coefficient (Wildman–Crippen LogP) is 7.67. The molecule has 0 spiro atoms. The molecule has 2 heterocycles. The second-order valence-corrected chi connectivity index (χ2v) is 9.84. The molecule has 4 nitrogen and oxygen atoms in total. The Labute approximate surface area is 221 Å². The molecule has 3 aromatic rings. The van der Waals surface area contributed by atoms with Crippen LogP contribution >= 0.6 is 11.6 Å². The Kier molecular flexibility index (Phi) is 9.74. The molecule has 190 valence electrons. The number of pyridine rings is 1. The van der Waals surface area contributed by atoms with Gasteiger partial charge in [0.15, 0.2) is 0 Å². The molecular weight excluding hydrogens is 464 g/mol. The first-order valence-electron chi connectivity index (χ1n) is 12.6. The van der Waals surface area contributed by atoms with Crippen molar-refractivity contribution in [3.8, 4) is 11.3 Å². The van der Waals surface area contributed by atoms with Crippen LogP contribution in [0.3, 0.4) is 0 Å². The maximum atomic E-state index is 6.44. The smallest absolute Gasteiger partial charge is 0.0730 e. The second-order valence-electron chi connectivity index (χ2n) is 9.43. The zero-order valence-electron chi connectivity index (χ0n) is 22.0. The molecule has 2 aromatic carbocycles. The zero-order valence-corrected chi connectivity index (χ0v) is 22.7. The first-order valence-corrected chi connectivity index (χ1v) is 13.0. The zero-order chi connectivity index (χ0) is 26.2. The number of hydrogen-bond donors (Lipinski definition) is 1. The van der Waals surface area contributed by atoms with Gasteiger partial charge in [0.1, 0.15) is 0 Å². The van der Waals surface area contributed by atoms with Gasteiger partial charge in [-0.15, -0.1) is 0 Å². The van der Waals surface area contributed by atoms with Crippen LogP contribution in [0.5, 0.6) is 0 Å². The summed E-state index contributed by atoms with van der Waals surface area (Å²) >= 11 is 6.44. The van der Waals surface area contributed by atoms with E-state index in [0.29, 0.717) is 5.02 Å². The quantitative estimate of drug-likeness (QED) is 0.336. The van der Waals surface area contributed by atoms with Gasteiger partial charge in [-0.2, -0.15) is 0 Å². The van der Waals surface area contributed by atoms with Crippen molar-refractivity contribution in [3.63, 3.8) is 0 Å². The Hall–Kier alpha value is -3.08. The molecule has 1 aliphatic rings. The highest BCUT2D eigenvalue weighted by atomic mass is 35.5. The number of rotatable bonds is 7. The van der Waals surface area contributed by atoms with Crippen LogP contribution in [0.1, 0.15) is 42.9 Å². The van der Waals surface area contributed by atoms with Gasteiger partial charge in [0, 0.05) is 48.5 Å². The summed E-state index contributed by atoms with van der Waals surface area (Å²) in [5.74, 6) is 0. The number of likely N-dealkylation sites (N-methyl/N-ethyl adjacent to an activating group) is 1. The van der Waals surface area contributed by atoms with Crippen LogP contribution in [-0.4, -0.2) is 48.0 Å². The minimum absolute atomic E-state index is 0.676. The van der Waals surface area contributed by atoms with Crippen molar-refractivity contribution < 1.29 is 0 Å². The molecule has 36 heavy (non-hydrogen) atoms. The van der Waals surface area contributed by atoms with E-state index in [0.717, 1.165) is 44.5 Å². The lowest BCUT2D eigenvalue weighted by atomic mass is 10.0. The topological polar surface area (TPSA) is 45.4 Å². The fourth-order valence-corrected chi connectivity index (χ4v) is 4.54. The van der Waals surface area contributed by atoms with E-state index in [9.17, 15) is 0 Å². The summed E-state index contributed by atoms with van der Waals surface area (Å²) in [7, 11) is 2.19. The Balaban J connectivity index is 0.000000236. The van der Waals surface area contributed by atoms with Crippen molar-refractivity contribution in [1.82, 2.24) is 14.8 Å². The van der Waals surface area contributed by atoms with Gasteiger partial charge in [-0.05, 0) is 67.8 Å². The third-order valence-electron chi connectivity index (χ3n) is 6.72. The molecule has 1 aliphatic heterocycles. The predicted molar refractivity (Wildman–Crippen MR) is 159 cm³/mol. The number of halogens is 1. The molecule has 0 atom stereocenters. The van der Waals surface area contributed by atoms with Crippen molar-refractivity contribution in [3.05, 3.63) is 83.5 Å². The number of allylic oxidation sites excluding steroid dienone is 1. The van der Waals surface area contributed by atoms with Crippen LogP contribution in [0, 0.1) is 6.92 Å². The molecule has 0 amide bonds. The number of nitrogens with two attached hydrogens (primary N) is 1. The first kappa shape index (κ1) is 27.5. The van der Waals surface area contributed by atoms with Crippen molar-refractivity contribution >= 4 is 40.3 Å². The molecule has 0 bridgehead atoms. The summed E-state index contributed by atoms with van der Waals surface area (Å²) in [5, 5.41) is 1.60. The lowest BCUT2D eigenvalue weighted by molar-refractivity contribution is 0.182. The average molecular weight is 503 g/mol. The number of aromatic nitrogens is 1. The van der Waals surface area contributed by atoms with Crippen LogP contribution in [0.2, 0.25) is 5.02 Å². The summed E-state index contributed by atoms with van der Waals surface area (Å²) in [6, 6.07) is 11.8. The molecule has 1 fully saturated rings. The number of benzene rings is 2. The molecule has 0 aliphatic carbocycles. The fraction of sp³-hybridized carbons (Fsp3) is 0.323. The van der Waals surface area contributed by atoms with Crippen molar-refractivity contribution in [2.24, 2.45) is 0 Å². The minimum atomic E-state index is 0.676. The lowest BCUT2D eigenvalue weighted by Gasteiger charge is -2.35. The average Bonchev–Trinajstić information content (AvgIpc) is 2.89. The molecule has 0 saturated carbocycles. The SMILES string of the molecule is C=C(CCCC)N1CCN(C)CC1.C=Cc1ccc2c(Cl)cc(-c3cc(C)c(N)c(C=C)c3)nc2c1. The summed E-state index contributed by atoms with van der Waals surface area (Å²) in [6.07, 6.45) is 7.29. The number of anilines is 1. The van der Waals surface area contributed by atoms with Gasteiger partial charge >= 0.3 is 0 Å². The molecule has 2 N–H and O–H groups in total. The highest BCUT2D eigenvalue weighted by Gasteiger charge is 2.14. The lowest BCUT2D eigenvalue weighted by Crippen LogP contribution is -2.43. The number of hydrogen-bond acceptors (Lipinski definition) is 4. The second kappa shape index (κ2) is 12.8. The van der Waals surface area contributed by atoms with E-state index < -0.39 is 0 Å². The Morgan fingerprint density at radius 1 is 1.08 bits per heavy atom. The standard InChI is InChI=1S/C20H17ClN2.C11H22N2/c1-4-13-6-7-16-17(21)11-18(23-19(16)9-13)15-8-12(3)20(22)14(5-2)10-15;1-4-5-6-11(2)13-9-7-12(3)8-10-13/h4-11H,1-2,22H2,3H3;2,4-10H2,1,3H3. The molecule has 1 saturated heterocycles. The van der Waals surface area contributed by atoms with Gasteiger partial charge in [-0.1, -0.05) is 69.0 Å². The van der Waals surface area contributed by atoms with Crippen molar-refractivity contribution in [1.29, 1.82) is 0 Å². The van der Waals surface area contributed by atoms with Crippen LogP contribution in [0.4, 0.5) is 5.69 Å². The summed E-state index contributed by atoms with van der Waals surface area (Å²) in [5.41, 5.74) is 13.7. The van der Waals surface area contributed by atoms with E-state index >= 15 is 0 Å². The summed E-state index contributed by atoms with van der Waals surface area (Å²) in [6.45, 7) is 20.7. The van der Waals surface area contributed by atoms with Crippen LogP contribution in [0.25, 0.3) is 34.3 Å². The van der Waals surface area contributed by atoms with E-state index in [1.165, 1.54) is 51.1 Å². The number of piperazine rings is 1. The molecular formula is C31H39ClN4. The highest BCUT2D eigenvalue weighted by Crippen LogP contribution is 2.32. The van der Waals surface area contributed by atoms with E-state index in [1.54, 1.807) is 12.2 Å². The van der Waals surface area contributed by atoms with Crippen LogP contribution < -0.4 is 5.73 Å². The van der Waals surface area contributed by atoms with E-state index in [1.807, 2.05) is 43.3 Å². The number of nitrogens with zero attached hydrogens (tertiary/aromatic N) is 3. The van der Waals surface area contributed by atoms with Crippen LogP contribution in [0.15, 0.2) is 61.8 Å². The summed E-state index contributed by atoms with van der Waals surface area (Å²) < 4.78 is 0. The van der Waals surface area contributed by atoms with E-state index in [-0.39, 0.29) is 0 Å². The number of aryl methyl sites for hydroxylation is 1. The third kappa shape index (κ3) is 6.77. The van der Waals surface area contributed by atoms with Gasteiger partial charge in [-0.25, -0.2) is 4.98 Å². The van der Waals surface area contributed by atoms with Gasteiger partial charge < -0.3 is 15.5 Å². The maximum absolute atomic E-state index is 6.44. The van der Waals surface area contributed by atoms with Crippen LogP contribution in [-0.2, 0) is 0 Å². The van der Waals surface area contributed by atoms with Gasteiger partial charge in [-0.3, -0.25) is 0 Å². The van der Waals surface area contributed by atoms with Gasteiger partial charge in [0.25, 0.3) is 0 Å². The fourth-order valence-electron chi connectivity index (χ4n) is 4.28. The van der Waals surface area contributed by atoms with Gasteiger partial charge in [0.05, 0.1) is 16.2 Å². The number of unbranched alkanes of at least 4 members (excludes halogenated alkanes) is 1. The minimum Gasteiger partial charge on any atom is -0.398 e. The Morgan fingerprint density at radius 2 is 1.81 bits per heavy atom. The molecule has 0 radical (unpaired) electrons. The Morgan fingerprint density at radius 3 is 2.44 bits per heavy atom. The normalized spacial score (nSPS) is 13.7. The largest absolute Gasteiger partial charge is 0.398 e. The molecule has 5 heteroatoms. The first-order chi connectivity index (χ1) is 17.3. The molecule has 4 rings (SSSR count). The Bertz CT molecular complexity index is 1240. The van der Waals surface area contributed by atoms with Gasteiger partial charge in [0.2, 0.25) is 0 Å². The van der Waals surface area contributed by atoms with Crippen molar-refractivity contribution in [2.45, 2.75) is 33.1 Å². The monoisotopic (exact) mass is 502 g/mol. The maximum Gasteiger partial charge on any atom is 0.0730 e. The summed E-state index contributed by atoms with van der Waals surface area (Å²) in [4.78, 5) is 9.57. The number of nitrogen functional groups attached to an aromatic ring is 1.